The van der Waals surface area contributed by atoms with Gasteiger partial charge in [-0.05, 0) is 0 Å². The Kier molecular flexibility index (Phi) is 6.08. The molecule has 0 saturated carbocycles. The molecule has 0 spiro atoms. The molecule has 96 valence electrons. The summed E-state index contributed by atoms with van der Waals surface area (Å²) < 4.78 is 8.76. The lowest BCUT2D eigenvalue weighted by molar-refractivity contribution is -0.148. The van der Waals surface area contributed by atoms with Gasteiger partial charge in [-0.15, -0.1) is 0 Å². The van der Waals surface area contributed by atoms with Crippen LogP contribution in [0.4, 0.5) is 4.79 Å². The van der Waals surface area contributed by atoms with Gasteiger partial charge < -0.3 is 14.4 Å². The van der Waals surface area contributed by atoms with Crippen molar-refractivity contribution in [3.8, 4) is 0 Å². The fraction of sp³-hybridized carbons (Fsp3) is 0.500. The van der Waals surface area contributed by atoms with Crippen LogP contribution in [-0.2, 0) is 14.3 Å². The number of amides is 1. The summed E-state index contributed by atoms with van der Waals surface area (Å²) >= 11 is 0. The van der Waals surface area contributed by atoms with Gasteiger partial charge in [-0.3, -0.25) is 26.2 Å². The fourth-order valence-corrected chi connectivity index (χ4v) is 0.566. The minimum absolute atomic E-state index is 0.0738. The first kappa shape index (κ1) is 14.7. The maximum absolute atomic E-state index is 11.0. The van der Waals surface area contributed by atoms with Gasteiger partial charge in [0.15, 0.2) is 5.96 Å². The van der Waals surface area contributed by atoms with Gasteiger partial charge in [-0.1, -0.05) is 0 Å². The third-order valence-corrected chi connectivity index (χ3v) is 1.37. The van der Waals surface area contributed by atoms with E-state index in [2.05, 4.69) is 14.8 Å². The van der Waals surface area contributed by atoms with Gasteiger partial charge in [-0.2, -0.15) is 0 Å². The maximum atomic E-state index is 11.0. The quantitative estimate of drug-likeness (QED) is 0.219. The molecule has 9 heteroatoms. The van der Waals surface area contributed by atoms with Crippen LogP contribution in [-0.4, -0.2) is 49.8 Å². The Bertz CT molecular complexity index is 328. The van der Waals surface area contributed by atoms with E-state index in [4.69, 9.17) is 10.8 Å². The predicted molar refractivity (Wildman–Crippen MR) is 58.5 cm³/mol. The fourth-order valence-electron chi connectivity index (χ4n) is 0.566. The molecule has 0 bridgehead atoms. The number of ether oxygens (including phenoxy) is 2. The van der Waals surface area contributed by atoms with Crippen molar-refractivity contribution in [1.82, 2.24) is 15.5 Å². The van der Waals surface area contributed by atoms with Crippen LogP contribution in [0.25, 0.3) is 0 Å². The Hall–Kier alpha value is -2.32. The number of rotatable bonds is 2. The minimum atomic E-state index is -0.963. The molecule has 0 atom stereocenters. The summed E-state index contributed by atoms with van der Waals surface area (Å²) in [4.78, 5) is 22.7. The van der Waals surface area contributed by atoms with E-state index in [0.717, 1.165) is 0 Å². The first-order valence-electron chi connectivity index (χ1n) is 4.51. The Morgan fingerprint density at radius 2 is 1.76 bits per heavy atom. The molecular weight excluding hydrogens is 230 g/mol. The molecule has 0 aliphatic carbocycles. The highest BCUT2D eigenvalue weighted by atomic mass is 16.7. The third kappa shape index (κ3) is 7.59. The van der Waals surface area contributed by atoms with E-state index in [1.807, 2.05) is 5.32 Å². The standard InChI is InChI=1S/C8H15N5O4/c1-5(14)16-4-17-8(15)12-6(9)11-7(10)13(2)3/h4H2,1-3H3,(H4,9,10,11,12,15). The van der Waals surface area contributed by atoms with E-state index in [9.17, 15) is 9.59 Å². The molecule has 0 rings (SSSR count). The van der Waals surface area contributed by atoms with Crippen molar-refractivity contribution in [3.05, 3.63) is 0 Å². The molecular formula is C8H15N5O4. The summed E-state index contributed by atoms with van der Waals surface area (Å²) in [6, 6.07) is 0. The van der Waals surface area contributed by atoms with Crippen LogP contribution in [0, 0.1) is 10.8 Å². The molecule has 1 amide bonds. The van der Waals surface area contributed by atoms with Crippen molar-refractivity contribution in [1.29, 1.82) is 10.8 Å². The van der Waals surface area contributed by atoms with Crippen LogP contribution in [0.3, 0.4) is 0 Å². The summed E-state index contributed by atoms with van der Waals surface area (Å²) in [5, 5.41) is 18.9. The van der Waals surface area contributed by atoms with Crippen LogP contribution >= 0.6 is 0 Å². The highest BCUT2D eigenvalue weighted by Crippen LogP contribution is 1.81. The topological polar surface area (TPSA) is 128 Å². The zero-order chi connectivity index (χ0) is 13.4. The first-order valence-corrected chi connectivity index (χ1v) is 4.51. The average Bonchev–Trinajstić information content (AvgIpc) is 2.16. The van der Waals surface area contributed by atoms with Gasteiger partial charge in [0.1, 0.15) is 0 Å². The van der Waals surface area contributed by atoms with Gasteiger partial charge in [0.25, 0.3) is 0 Å². The normalized spacial score (nSPS) is 8.88. The molecule has 0 aromatic rings. The third-order valence-electron chi connectivity index (χ3n) is 1.37. The number of esters is 1. The summed E-state index contributed by atoms with van der Waals surface area (Å²) in [5.41, 5.74) is 0. The van der Waals surface area contributed by atoms with E-state index >= 15 is 0 Å². The number of guanidine groups is 2. The Morgan fingerprint density at radius 1 is 1.18 bits per heavy atom. The van der Waals surface area contributed by atoms with Gasteiger partial charge in [0.2, 0.25) is 12.8 Å². The van der Waals surface area contributed by atoms with Crippen LogP contribution in [0.1, 0.15) is 6.92 Å². The second kappa shape index (κ2) is 7.04. The number of nitrogens with zero attached hydrogens (tertiary/aromatic N) is 1. The molecule has 0 aromatic carbocycles. The molecule has 0 fully saturated rings. The van der Waals surface area contributed by atoms with Crippen molar-refractivity contribution >= 4 is 24.0 Å². The SMILES string of the molecule is CC(=O)OCOC(=O)NC(=N)NC(=N)N(C)C. The number of carbonyl (C=O) groups excluding carboxylic acids is 2. The second-order valence-electron chi connectivity index (χ2n) is 3.05. The molecule has 0 heterocycles. The second-order valence-corrected chi connectivity index (χ2v) is 3.05. The number of alkyl carbamates (subject to hydrolysis) is 1. The maximum Gasteiger partial charge on any atom is 0.416 e. The van der Waals surface area contributed by atoms with Crippen LogP contribution in [0.15, 0.2) is 0 Å². The lowest BCUT2D eigenvalue weighted by atomic mass is 10.7. The van der Waals surface area contributed by atoms with Crippen LogP contribution in [0.2, 0.25) is 0 Å². The van der Waals surface area contributed by atoms with Crippen LogP contribution in [0.5, 0.6) is 0 Å². The number of hydrogen-bond donors (Lipinski definition) is 4. The van der Waals surface area contributed by atoms with E-state index in [1.54, 1.807) is 14.1 Å². The largest absolute Gasteiger partial charge is 0.428 e. The molecule has 0 saturated heterocycles. The summed E-state index contributed by atoms with van der Waals surface area (Å²) in [6.07, 6.45) is -0.963. The molecule has 0 aromatic heterocycles. The lowest BCUT2D eigenvalue weighted by Gasteiger charge is -2.15. The van der Waals surface area contributed by atoms with Crippen molar-refractivity contribution < 1.29 is 19.1 Å². The summed E-state index contributed by atoms with van der Waals surface area (Å²) in [7, 11) is 3.20. The zero-order valence-corrected chi connectivity index (χ0v) is 9.79. The molecule has 0 aliphatic heterocycles. The predicted octanol–water partition coefficient (Wildman–Crippen LogP) is -0.746. The molecule has 0 radical (unpaired) electrons. The summed E-state index contributed by atoms with van der Waals surface area (Å²) in [5.74, 6) is -1.08. The zero-order valence-electron chi connectivity index (χ0n) is 9.79. The number of carbonyl (C=O) groups is 2. The van der Waals surface area contributed by atoms with Gasteiger partial charge in [0.05, 0.1) is 0 Å². The van der Waals surface area contributed by atoms with Crippen molar-refractivity contribution in [2.45, 2.75) is 6.92 Å². The number of hydrogen-bond acceptors (Lipinski definition) is 6. The molecule has 17 heavy (non-hydrogen) atoms. The van der Waals surface area contributed by atoms with Gasteiger partial charge in [-0.25, -0.2) is 4.79 Å². The Morgan fingerprint density at radius 3 is 2.24 bits per heavy atom. The monoisotopic (exact) mass is 245 g/mol. The van der Waals surface area contributed by atoms with Gasteiger partial charge in [0, 0.05) is 21.0 Å². The highest BCUT2D eigenvalue weighted by molar-refractivity contribution is 6.01. The Balaban J connectivity index is 3.84. The lowest BCUT2D eigenvalue weighted by Crippen LogP contribution is -2.47. The van der Waals surface area contributed by atoms with E-state index in [-0.39, 0.29) is 5.96 Å². The van der Waals surface area contributed by atoms with Crippen molar-refractivity contribution in [2.75, 3.05) is 20.9 Å². The van der Waals surface area contributed by atoms with Crippen molar-refractivity contribution in [2.24, 2.45) is 0 Å². The van der Waals surface area contributed by atoms with E-state index in [1.165, 1.54) is 11.8 Å². The van der Waals surface area contributed by atoms with Crippen LogP contribution < -0.4 is 10.6 Å². The summed E-state index contributed by atoms with van der Waals surface area (Å²) in [6.45, 7) is 0.642. The minimum Gasteiger partial charge on any atom is -0.428 e. The molecule has 9 nitrogen and oxygen atoms in total. The average molecular weight is 245 g/mol. The Labute approximate surface area is 98.1 Å². The molecule has 0 aliphatic rings. The molecule has 4 N–H and O–H groups in total. The smallest absolute Gasteiger partial charge is 0.416 e. The van der Waals surface area contributed by atoms with E-state index in [0.29, 0.717) is 0 Å². The number of nitrogens with one attached hydrogen (secondary N) is 4. The van der Waals surface area contributed by atoms with Gasteiger partial charge >= 0.3 is 12.1 Å². The highest BCUT2D eigenvalue weighted by Gasteiger charge is 2.08. The van der Waals surface area contributed by atoms with E-state index < -0.39 is 24.8 Å². The first-order chi connectivity index (χ1) is 7.82. The van der Waals surface area contributed by atoms with Crippen molar-refractivity contribution in [3.63, 3.8) is 0 Å². The molecule has 0 unspecified atom stereocenters.